The highest BCUT2D eigenvalue weighted by atomic mass is 16.6. The van der Waals surface area contributed by atoms with Crippen molar-refractivity contribution in [2.75, 3.05) is 0 Å². The van der Waals surface area contributed by atoms with Gasteiger partial charge in [0, 0.05) is 17.3 Å². The van der Waals surface area contributed by atoms with Crippen molar-refractivity contribution in [3.05, 3.63) is 43.5 Å². The summed E-state index contributed by atoms with van der Waals surface area (Å²) >= 11 is 0. The molecule has 9 heteroatoms. The van der Waals surface area contributed by atoms with Crippen molar-refractivity contribution in [2.45, 2.75) is 20.8 Å². The van der Waals surface area contributed by atoms with Crippen LogP contribution in [0.3, 0.4) is 0 Å². The van der Waals surface area contributed by atoms with Gasteiger partial charge in [-0.05, 0) is 20.8 Å². The number of hydrogen-bond acceptors (Lipinski definition) is 6. The number of nitrogens with one attached hydrogen (secondary N) is 1. The van der Waals surface area contributed by atoms with Crippen LogP contribution in [0, 0.1) is 27.2 Å². The predicted molar refractivity (Wildman–Crippen MR) is 70.7 cm³/mol. The number of nitro benzene ring substituents is 2. The Morgan fingerprint density at radius 2 is 1.80 bits per heavy atom. The van der Waals surface area contributed by atoms with Gasteiger partial charge in [-0.3, -0.25) is 25.0 Å². The molecule has 0 radical (unpaired) electrons. The lowest BCUT2D eigenvalue weighted by molar-refractivity contribution is -0.394. The first-order valence-corrected chi connectivity index (χ1v) is 5.48. The van der Waals surface area contributed by atoms with E-state index in [-0.39, 0.29) is 11.1 Å². The van der Waals surface area contributed by atoms with E-state index in [1.54, 1.807) is 13.8 Å². The number of carbonyl (C=O) groups excluding carboxylic acids is 1. The minimum Gasteiger partial charge on any atom is -0.267 e. The van der Waals surface area contributed by atoms with Crippen LogP contribution in [0.15, 0.2) is 17.2 Å². The van der Waals surface area contributed by atoms with Crippen LogP contribution >= 0.6 is 0 Å². The van der Waals surface area contributed by atoms with Gasteiger partial charge in [0.1, 0.15) is 0 Å². The molecule has 0 saturated carbocycles. The molecule has 0 aliphatic carbocycles. The molecule has 0 fully saturated rings. The Bertz CT molecular complexity index is 619. The lowest BCUT2D eigenvalue weighted by atomic mass is 10.1. The molecule has 0 saturated heterocycles. The second-order valence-electron chi connectivity index (χ2n) is 4.15. The third-order valence-corrected chi connectivity index (χ3v) is 2.40. The molecule has 0 atom stereocenters. The maximum atomic E-state index is 11.9. The highest BCUT2D eigenvalue weighted by molar-refractivity contribution is 5.98. The Labute approximate surface area is 113 Å². The van der Waals surface area contributed by atoms with Crippen LogP contribution in [0.25, 0.3) is 0 Å². The number of hydrazone groups is 1. The summed E-state index contributed by atoms with van der Waals surface area (Å²) in [5, 5.41) is 25.3. The molecular formula is C11H12N4O5. The fraction of sp³-hybridized carbons (Fsp3) is 0.273. The first-order valence-electron chi connectivity index (χ1n) is 5.48. The van der Waals surface area contributed by atoms with Gasteiger partial charge < -0.3 is 0 Å². The van der Waals surface area contributed by atoms with Gasteiger partial charge in [-0.15, -0.1) is 0 Å². The molecule has 106 valence electrons. The first-order chi connectivity index (χ1) is 9.23. The molecule has 1 aromatic carbocycles. The fourth-order valence-corrected chi connectivity index (χ4v) is 1.44. The second-order valence-corrected chi connectivity index (χ2v) is 4.15. The molecule has 0 bridgehead atoms. The number of rotatable bonds is 4. The highest BCUT2D eigenvalue weighted by Crippen LogP contribution is 2.27. The Morgan fingerprint density at radius 1 is 1.20 bits per heavy atom. The maximum absolute atomic E-state index is 11.9. The van der Waals surface area contributed by atoms with Crippen LogP contribution in [-0.2, 0) is 0 Å². The molecule has 0 aromatic heterocycles. The average molecular weight is 280 g/mol. The standard InChI is InChI=1S/C11H12N4O5/c1-6(2)12-13-11(16)9-4-8(14(17)18)5-10(7(9)3)15(19)20/h4-5H,1-3H3,(H,13,16). The van der Waals surface area contributed by atoms with E-state index in [1.807, 2.05) is 0 Å². The molecule has 1 aromatic rings. The van der Waals surface area contributed by atoms with Crippen LogP contribution in [0.1, 0.15) is 29.8 Å². The molecule has 0 unspecified atom stereocenters. The summed E-state index contributed by atoms with van der Waals surface area (Å²) in [6.07, 6.45) is 0. The maximum Gasteiger partial charge on any atom is 0.279 e. The second kappa shape index (κ2) is 5.87. The lowest BCUT2D eigenvalue weighted by Crippen LogP contribution is -2.20. The minimum atomic E-state index is -0.794. The van der Waals surface area contributed by atoms with E-state index >= 15 is 0 Å². The van der Waals surface area contributed by atoms with Gasteiger partial charge in [-0.2, -0.15) is 5.10 Å². The average Bonchev–Trinajstić information content (AvgIpc) is 2.35. The molecule has 0 aliphatic rings. The van der Waals surface area contributed by atoms with E-state index in [0.29, 0.717) is 5.71 Å². The topological polar surface area (TPSA) is 128 Å². The Kier molecular flexibility index (Phi) is 4.46. The first kappa shape index (κ1) is 15.2. The van der Waals surface area contributed by atoms with E-state index in [0.717, 1.165) is 12.1 Å². The van der Waals surface area contributed by atoms with Gasteiger partial charge in [0.2, 0.25) is 0 Å². The molecule has 9 nitrogen and oxygen atoms in total. The Morgan fingerprint density at radius 3 is 2.25 bits per heavy atom. The molecule has 0 heterocycles. The summed E-state index contributed by atoms with van der Waals surface area (Å²) in [5.41, 5.74) is 1.62. The van der Waals surface area contributed by atoms with Crippen molar-refractivity contribution < 1.29 is 14.6 Å². The third kappa shape index (κ3) is 3.34. The summed E-state index contributed by atoms with van der Waals surface area (Å²) < 4.78 is 0. The van der Waals surface area contributed by atoms with Gasteiger partial charge in [0.05, 0.1) is 21.5 Å². The zero-order valence-corrected chi connectivity index (χ0v) is 11.0. The van der Waals surface area contributed by atoms with Crippen LogP contribution in [0.5, 0.6) is 0 Å². The van der Waals surface area contributed by atoms with Gasteiger partial charge in [-0.25, -0.2) is 5.43 Å². The summed E-state index contributed by atoms with van der Waals surface area (Å²) in [6, 6.07) is 1.80. The molecular weight excluding hydrogens is 268 g/mol. The smallest absolute Gasteiger partial charge is 0.267 e. The van der Waals surface area contributed by atoms with E-state index in [9.17, 15) is 25.0 Å². The molecule has 1 N–H and O–H groups in total. The summed E-state index contributed by atoms with van der Waals surface area (Å²) in [4.78, 5) is 31.9. The lowest BCUT2D eigenvalue weighted by Gasteiger charge is -2.05. The Hall–Kier alpha value is -2.84. The van der Waals surface area contributed by atoms with Gasteiger partial charge in [0.25, 0.3) is 17.3 Å². The molecule has 1 amide bonds. The van der Waals surface area contributed by atoms with Gasteiger partial charge >= 0.3 is 0 Å². The molecule has 20 heavy (non-hydrogen) atoms. The van der Waals surface area contributed by atoms with Crippen LogP contribution in [0.4, 0.5) is 11.4 Å². The van der Waals surface area contributed by atoms with Crippen molar-refractivity contribution in [2.24, 2.45) is 5.10 Å². The van der Waals surface area contributed by atoms with Crippen molar-refractivity contribution >= 4 is 23.0 Å². The van der Waals surface area contributed by atoms with E-state index in [2.05, 4.69) is 10.5 Å². The molecule has 0 aliphatic heterocycles. The number of non-ortho nitro benzene ring substituents is 1. The van der Waals surface area contributed by atoms with Crippen LogP contribution < -0.4 is 5.43 Å². The van der Waals surface area contributed by atoms with E-state index < -0.39 is 27.1 Å². The number of nitrogens with zero attached hydrogens (tertiary/aromatic N) is 3. The van der Waals surface area contributed by atoms with Crippen LogP contribution in [0.2, 0.25) is 0 Å². The van der Waals surface area contributed by atoms with Crippen molar-refractivity contribution in [3.63, 3.8) is 0 Å². The summed E-state index contributed by atoms with van der Waals surface area (Å²) in [7, 11) is 0. The van der Waals surface area contributed by atoms with Gasteiger partial charge in [0.15, 0.2) is 0 Å². The number of amides is 1. The predicted octanol–water partition coefficient (Wildman–Crippen LogP) is 1.94. The summed E-state index contributed by atoms with van der Waals surface area (Å²) in [6.45, 7) is 4.63. The van der Waals surface area contributed by atoms with Crippen molar-refractivity contribution in [1.29, 1.82) is 0 Å². The normalized spacial score (nSPS) is 9.75. The van der Waals surface area contributed by atoms with Gasteiger partial charge in [-0.1, -0.05) is 0 Å². The van der Waals surface area contributed by atoms with Crippen molar-refractivity contribution in [1.82, 2.24) is 5.43 Å². The monoisotopic (exact) mass is 280 g/mol. The number of nitro groups is 2. The number of hydrogen-bond donors (Lipinski definition) is 1. The quantitative estimate of drug-likeness (QED) is 0.512. The third-order valence-electron chi connectivity index (χ3n) is 2.40. The van der Waals surface area contributed by atoms with E-state index in [4.69, 9.17) is 0 Å². The Balaban J connectivity index is 3.37. The molecule has 1 rings (SSSR count). The van der Waals surface area contributed by atoms with Crippen molar-refractivity contribution in [3.8, 4) is 0 Å². The largest absolute Gasteiger partial charge is 0.279 e. The SMILES string of the molecule is CC(C)=NNC(=O)c1cc([N+](=O)[O-])cc([N+](=O)[O-])c1C. The van der Waals surface area contributed by atoms with E-state index in [1.165, 1.54) is 6.92 Å². The number of carbonyl (C=O) groups is 1. The van der Waals surface area contributed by atoms with Crippen LogP contribution in [-0.4, -0.2) is 21.5 Å². The fourth-order valence-electron chi connectivity index (χ4n) is 1.44. The highest BCUT2D eigenvalue weighted by Gasteiger charge is 2.24. The summed E-state index contributed by atoms with van der Waals surface area (Å²) in [5.74, 6) is -0.740. The number of benzene rings is 1. The minimum absolute atomic E-state index is 0.0436. The zero-order chi connectivity index (χ0) is 15.4. The zero-order valence-electron chi connectivity index (χ0n) is 11.0. The molecule has 0 spiro atoms.